The van der Waals surface area contributed by atoms with Gasteiger partial charge in [0.2, 0.25) is 0 Å². The topological polar surface area (TPSA) is 3.24 Å². The van der Waals surface area contributed by atoms with Crippen LogP contribution < -0.4 is 4.90 Å². The Kier molecular flexibility index (Phi) is 5.48. The Morgan fingerprint density at radius 3 is 1.76 bits per heavy atom. The fourth-order valence-corrected chi connectivity index (χ4v) is 4.60. The molecule has 0 bridgehead atoms. The quantitative estimate of drug-likeness (QED) is 0.276. The number of fused-ring (bicyclic) bond motifs is 1. The maximum atomic E-state index is 2.46. The average molecular weight is 428 g/mol. The van der Waals surface area contributed by atoms with Crippen LogP contribution in [0.2, 0.25) is 0 Å². The van der Waals surface area contributed by atoms with E-state index < -0.39 is 0 Å². The van der Waals surface area contributed by atoms with Crippen LogP contribution in [0.3, 0.4) is 0 Å². The van der Waals surface area contributed by atoms with Crippen molar-refractivity contribution in [1.82, 2.24) is 0 Å². The van der Waals surface area contributed by atoms with Crippen molar-refractivity contribution in [3.05, 3.63) is 121 Å². The monoisotopic (exact) mass is 427 g/mol. The lowest BCUT2D eigenvalue weighted by atomic mass is 9.96. The predicted octanol–water partition coefficient (Wildman–Crippen LogP) is 9.11. The van der Waals surface area contributed by atoms with Gasteiger partial charge < -0.3 is 4.90 Å². The highest BCUT2D eigenvalue weighted by molar-refractivity contribution is 5.92. The molecule has 1 nitrogen and oxygen atoms in total. The van der Waals surface area contributed by atoms with Gasteiger partial charge in [-0.1, -0.05) is 97.1 Å². The van der Waals surface area contributed by atoms with E-state index in [1.807, 2.05) is 0 Å². The Labute approximate surface area is 197 Å². The summed E-state index contributed by atoms with van der Waals surface area (Å²) in [7, 11) is 0. The maximum Gasteiger partial charge on any atom is 0.0495 e. The van der Waals surface area contributed by atoms with Crippen LogP contribution in [0.4, 0.5) is 11.4 Å². The number of para-hydroxylation sites is 1. The third-order valence-corrected chi connectivity index (χ3v) is 6.09. The molecule has 1 heteroatoms. The summed E-state index contributed by atoms with van der Waals surface area (Å²) in [6.07, 6.45) is 0. The zero-order valence-electron chi connectivity index (χ0n) is 19.5. The number of benzene rings is 5. The Hall–Kier alpha value is -3.84. The van der Waals surface area contributed by atoms with E-state index in [0.29, 0.717) is 0 Å². The zero-order valence-corrected chi connectivity index (χ0v) is 19.5. The van der Waals surface area contributed by atoms with E-state index in [1.54, 1.807) is 0 Å². The van der Waals surface area contributed by atoms with Crippen molar-refractivity contribution < 1.29 is 0 Å². The molecule has 0 unspecified atom stereocenters. The first-order valence-electron chi connectivity index (χ1n) is 11.5. The van der Waals surface area contributed by atoms with Gasteiger partial charge in [-0.15, -0.1) is 0 Å². The van der Waals surface area contributed by atoms with Gasteiger partial charge >= 0.3 is 0 Å². The number of rotatable bonds is 4. The highest BCUT2D eigenvalue weighted by Gasteiger charge is 2.26. The van der Waals surface area contributed by atoms with Crippen molar-refractivity contribution in [2.75, 3.05) is 4.90 Å². The molecule has 0 aliphatic carbocycles. The predicted molar refractivity (Wildman–Crippen MR) is 143 cm³/mol. The van der Waals surface area contributed by atoms with Gasteiger partial charge in [-0.3, -0.25) is 0 Å². The van der Waals surface area contributed by atoms with Crippen molar-refractivity contribution in [2.24, 2.45) is 0 Å². The Morgan fingerprint density at radius 2 is 1.06 bits per heavy atom. The second-order valence-electron chi connectivity index (χ2n) is 9.50. The smallest absolute Gasteiger partial charge is 0.0495 e. The highest BCUT2D eigenvalue weighted by Crippen LogP contribution is 2.40. The molecule has 162 valence electrons. The highest BCUT2D eigenvalue weighted by atomic mass is 15.2. The first kappa shape index (κ1) is 21.0. The summed E-state index contributed by atoms with van der Waals surface area (Å²) >= 11 is 0. The fraction of sp³-hybridized carbons (Fsp3) is 0.125. The molecule has 0 amide bonds. The van der Waals surface area contributed by atoms with Gasteiger partial charge in [-0.05, 0) is 72.5 Å². The van der Waals surface area contributed by atoms with Crippen LogP contribution in [-0.2, 0) is 0 Å². The summed E-state index contributed by atoms with van der Waals surface area (Å²) in [6.45, 7) is 6.83. The molecule has 0 spiro atoms. The van der Waals surface area contributed by atoms with Gasteiger partial charge in [-0.2, -0.15) is 0 Å². The lowest BCUT2D eigenvalue weighted by Gasteiger charge is -2.39. The van der Waals surface area contributed by atoms with E-state index in [0.717, 1.165) is 0 Å². The SMILES string of the molecule is CC(C)(C)N(c1ccc2cc(-c3ccccc3)ccc2c1)c1ccccc1-c1ccccc1. The second-order valence-corrected chi connectivity index (χ2v) is 9.50. The maximum absolute atomic E-state index is 2.46. The summed E-state index contributed by atoms with van der Waals surface area (Å²) in [4.78, 5) is 2.46. The fourth-order valence-electron chi connectivity index (χ4n) is 4.60. The van der Waals surface area contributed by atoms with Gasteiger partial charge in [0, 0.05) is 22.5 Å². The van der Waals surface area contributed by atoms with E-state index in [9.17, 15) is 0 Å². The molecule has 0 aliphatic heterocycles. The zero-order chi connectivity index (χ0) is 22.8. The van der Waals surface area contributed by atoms with Crippen molar-refractivity contribution in [3.63, 3.8) is 0 Å². The van der Waals surface area contributed by atoms with Crippen LogP contribution in [0.15, 0.2) is 121 Å². The normalized spacial score (nSPS) is 11.5. The molecular weight excluding hydrogens is 398 g/mol. The summed E-state index contributed by atoms with van der Waals surface area (Å²) < 4.78 is 0. The minimum atomic E-state index is -0.0947. The minimum absolute atomic E-state index is 0.0947. The number of hydrogen-bond acceptors (Lipinski definition) is 1. The number of anilines is 2. The molecule has 0 heterocycles. The molecule has 0 atom stereocenters. The molecular formula is C32H29N. The summed E-state index contributed by atoms with van der Waals surface area (Å²) in [5.74, 6) is 0. The Bertz CT molecular complexity index is 1380. The molecule has 5 aromatic carbocycles. The van der Waals surface area contributed by atoms with Gasteiger partial charge in [-0.25, -0.2) is 0 Å². The van der Waals surface area contributed by atoms with E-state index in [1.165, 1.54) is 44.4 Å². The van der Waals surface area contributed by atoms with Gasteiger partial charge in [0.05, 0.1) is 0 Å². The third-order valence-electron chi connectivity index (χ3n) is 6.09. The number of hydrogen-bond donors (Lipinski definition) is 0. The Morgan fingerprint density at radius 1 is 0.485 bits per heavy atom. The summed E-state index contributed by atoms with van der Waals surface area (Å²) in [6, 6.07) is 43.5. The summed E-state index contributed by atoms with van der Waals surface area (Å²) in [5.41, 5.74) is 7.29. The molecule has 5 rings (SSSR count). The minimum Gasteiger partial charge on any atom is -0.336 e. The lowest BCUT2D eigenvalue weighted by molar-refractivity contribution is 0.561. The standard InChI is InChI=1S/C32H29N/c1-32(2,3)33(31-17-11-10-16-30(31)25-14-8-5-9-15-25)29-21-20-27-22-26(18-19-28(27)23-29)24-12-6-4-7-13-24/h4-23H,1-3H3. The summed E-state index contributed by atoms with van der Waals surface area (Å²) in [5, 5.41) is 2.50. The van der Waals surface area contributed by atoms with Crippen molar-refractivity contribution in [2.45, 2.75) is 26.3 Å². The molecule has 0 aliphatic rings. The molecule has 33 heavy (non-hydrogen) atoms. The van der Waals surface area contributed by atoms with Crippen molar-refractivity contribution >= 4 is 22.1 Å². The molecule has 0 N–H and O–H groups in total. The van der Waals surface area contributed by atoms with E-state index in [4.69, 9.17) is 0 Å². The first-order chi connectivity index (χ1) is 16.0. The van der Waals surface area contributed by atoms with Crippen LogP contribution in [0.25, 0.3) is 33.0 Å². The third kappa shape index (κ3) is 4.27. The van der Waals surface area contributed by atoms with Crippen molar-refractivity contribution in [1.29, 1.82) is 0 Å². The molecule has 0 saturated heterocycles. The van der Waals surface area contributed by atoms with Crippen molar-refractivity contribution in [3.8, 4) is 22.3 Å². The molecule has 0 aromatic heterocycles. The number of nitrogens with zero attached hydrogens (tertiary/aromatic N) is 1. The molecule has 0 fully saturated rings. The second kappa shape index (κ2) is 8.60. The van der Waals surface area contributed by atoms with Crippen LogP contribution in [0.5, 0.6) is 0 Å². The van der Waals surface area contributed by atoms with E-state index in [-0.39, 0.29) is 5.54 Å². The van der Waals surface area contributed by atoms with Crippen LogP contribution in [-0.4, -0.2) is 5.54 Å². The van der Waals surface area contributed by atoms with Crippen LogP contribution in [0, 0.1) is 0 Å². The van der Waals surface area contributed by atoms with E-state index in [2.05, 4.69) is 147 Å². The van der Waals surface area contributed by atoms with Gasteiger partial charge in [0.1, 0.15) is 0 Å². The van der Waals surface area contributed by atoms with E-state index >= 15 is 0 Å². The lowest BCUT2D eigenvalue weighted by Crippen LogP contribution is -2.37. The molecule has 0 saturated carbocycles. The van der Waals surface area contributed by atoms with Crippen LogP contribution in [0.1, 0.15) is 20.8 Å². The molecule has 0 radical (unpaired) electrons. The van der Waals surface area contributed by atoms with Gasteiger partial charge in [0.15, 0.2) is 0 Å². The Balaban J connectivity index is 1.62. The molecule has 5 aromatic rings. The largest absolute Gasteiger partial charge is 0.336 e. The average Bonchev–Trinajstić information content (AvgIpc) is 2.84. The van der Waals surface area contributed by atoms with Gasteiger partial charge in [0.25, 0.3) is 0 Å². The first-order valence-corrected chi connectivity index (χ1v) is 11.5. The van der Waals surface area contributed by atoms with Crippen LogP contribution >= 0.6 is 0 Å².